The van der Waals surface area contributed by atoms with Crippen LogP contribution in [-0.4, -0.2) is 33.8 Å². The number of fused-ring (bicyclic) bond motifs is 2. The van der Waals surface area contributed by atoms with E-state index in [1.807, 2.05) is 0 Å². The Hall–Kier alpha value is -3.27. The van der Waals surface area contributed by atoms with Gasteiger partial charge in [0.05, 0.1) is 18.2 Å². The normalized spacial score (nSPS) is 28.0. The van der Waals surface area contributed by atoms with Crippen molar-refractivity contribution in [3.05, 3.63) is 63.1 Å². The third kappa shape index (κ3) is 3.48. The van der Waals surface area contributed by atoms with Crippen LogP contribution in [0.4, 0.5) is 8.78 Å². The predicted molar refractivity (Wildman–Crippen MR) is 114 cm³/mol. The molecule has 6 rings (SSSR count). The molecule has 4 atom stereocenters. The lowest BCUT2D eigenvalue weighted by Gasteiger charge is -2.30. The molecule has 3 N–H and O–H groups in total. The second kappa shape index (κ2) is 7.36. The summed E-state index contributed by atoms with van der Waals surface area (Å²) in [6, 6.07) is 3.12. The van der Waals surface area contributed by atoms with Crippen LogP contribution in [0.2, 0.25) is 0 Å². The fraction of sp³-hybridized carbons (Fsp3) is 0.458. The highest BCUT2D eigenvalue weighted by atomic mass is 19.1. The number of carbonyl (C=O) groups is 2. The third-order valence-corrected chi connectivity index (χ3v) is 7.48. The molecule has 0 radical (unpaired) electrons. The van der Waals surface area contributed by atoms with Crippen molar-refractivity contribution >= 4 is 11.8 Å². The second-order valence-corrected chi connectivity index (χ2v) is 9.83. The Morgan fingerprint density at radius 2 is 1.91 bits per heavy atom. The molecule has 0 spiro atoms. The van der Waals surface area contributed by atoms with Gasteiger partial charge in [-0.25, -0.2) is 8.78 Å². The molecular formula is C24H23F2N3O5. The molecule has 1 unspecified atom stereocenters. The Kier molecular flexibility index (Phi) is 4.61. The number of rotatable bonds is 5. The van der Waals surface area contributed by atoms with Crippen molar-refractivity contribution in [2.24, 2.45) is 11.8 Å². The maximum Gasteiger partial charge on any atom is 0.273 e. The van der Waals surface area contributed by atoms with Gasteiger partial charge in [-0.05, 0) is 50.0 Å². The van der Waals surface area contributed by atoms with Crippen molar-refractivity contribution in [1.82, 2.24) is 15.2 Å². The number of nitrogens with one attached hydrogen (secondary N) is 2. The van der Waals surface area contributed by atoms with Crippen LogP contribution < -0.4 is 16.1 Å². The smallest absolute Gasteiger partial charge is 0.273 e. The number of benzene rings is 1. The first-order valence-electron chi connectivity index (χ1n) is 11.4. The van der Waals surface area contributed by atoms with Gasteiger partial charge in [-0.3, -0.25) is 14.4 Å². The van der Waals surface area contributed by atoms with Gasteiger partial charge in [0, 0.05) is 17.8 Å². The second-order valence-electron chi connectivity index (χ2n) is 9.83. The number of hydrogen-bond donors (Lipinski definition) is 3. The predicted octanol–water partition coefficient (Wildman–Crippen LogP) is 2.14. The number of ether oxygens (including phenoxy) is 1. The lowest BCUT2D eigenvalue weighted by molar-refractivity contribution is -0.0408. The summed E-state index contributed by atoms with van der Waals surface area (Å²) in [5.41, 5.74) is -2.52. The monoisotopic (exact) mass is 471 g/mol. The fourth-order valence-electron chi connectivity index (χ4n) is 5.46. The van der Waals surface area contributed by atoms with Gasteiger partial charge in [-0.1, -0.05) is 6.07 Å². The van der Waals surface area contributed by atoms with Gasteiger partial charge in [0.1, 0.15) is 23.4 Å². The SMILES string of the molecule is O=C(NC1(c2ccc(F)cc2F)CC1)c1cn2c(c(O)c1=O)C(=O)NC(O[C@@H]1C[C@@H]3C[C@@H]3C1)C2. The average Bonchev–Trinajstić information content (AvgIpc) is 3.68. The lowest BCUT2D eigenvalue weighted by atomic mass is 10.0. The standard InChI is InChI=1S/C24H23F2N3O5/c25-13-1-2-16(17(26)8-13)24(3-4-24)28-22(32)15-9-29-10-18(34-14-6-11-5-12(11)7-14)27-23(33)19(29)21(31)20(15)30/h1-2,8-9,11-12,14,18,31H,3-7,10H2,(H,27,33)(H,28,32)/t11-,12+,14+,18?. The number of amides is 2. The number of halogens is 2. The fourth-order valence-corrected chi connectivity index (χ4v) is 5.46. The van der Waals surface area contributed by atoms with Gasteiger partial charge >= 0.3 is 0 Å². The molecule has 0 saturated heterocycles. The number of carbonyl (C=O) groups excluding carboxylic acids is 2. The van der Waals surface area contributed by atoms with E-state index in [1.165, 1.54) is 23.3 Å². The molecule has 4 aliphatic rings. The molecule has 2 amide bonds. The molecule has 3 aliphatic carbocycles. The van der Waals surface area contributed by atoms with Crippen molar-refractivity contribution in [2.75, 3.05) is 0 Å². The summed E-state index contributed by atoms with van der Waals surface area (Å²) in [7, 11) is 0. The zero-order valence-electron chi connectivity index (χ0n) is 18.1. The minimum Gasteiger partial charge on any atom is -0.503 e. The van der Waals surface area contributed by atoms with E-state index < -0.39 is 46.4 Å². The molecule has 1 aliphatic heterocycles. The summed E-state index contributed by atoms with van der Waals surface area (Å²) in [5.74, 6) is -2.41. The van der Waals surface area contributed by atoms with E-state index in [-0.39, 0.29) is 29.5 Å². The maximum atomic E-state index is 14.3. The molecular weight excluding hydrogens is 448 g/mol. The molecule has 34 heavy (non-hydrogen) atoms. The highest BCUT2D eigenvalue weighted by Gasteiger charge is 2.49. The average molecular weight is 471 g/mol. The number of aromatic nitrogens is 1. The van der Waals surface area contributed by atoms with Crippen LogP contribution in [0.25, 0.3) is 0 Å². The highest BCUT2D eigenvalue weighted by molar-refractivity contribution is 5.99. The van der Waals surface area contributed by atoms with Crippen LogP contribution >= 0.6 is 0 Å². The van der Waals surface area contributed by atoms with E-state index in [2.05, 4.69) is 10.6 Å². The van der Waals surface area contributed by atoms with Crippen LogP contribution in [-0.2, 0) is 16.8 Å². The molecule has 3 fully saturated rings. The molecule has 0 bridgehead atoms. The van der Waals surface area contributed by atoms with Crippen molar-refractivity contribution in [3.8, 4) is 5.75 Å². The minimum absolute atomic E-state index is 0.0479. The van der Waals surface area contributed by atoms with Crippen LogP contribution in [0.3, 0.4) is 0 Å². The topological polar surface area (TPSA) is 110 Å². The summed E-state index contributed by atoms with van der Waals surface area (Å²) in [6.07, 6.45) is 4.60. The highest BCUT2D eigenvalue weighted by Crippen LogP contribution is 2.52. The van der Waals surface area contributed by atoms with Crippen molar-refractivity contribution in [3.63, 3.8) is 0 Å². The van der Waals surface area contributed by atoms with Gasteiger partial charge in [0.25, 0.3) is 11.8 Å². The van der Waals surface area contributed by atoms with E-state index in [0.29, 0.717) is 24.7 Å². The largest absolute Gasteiger partial charge is 0.503 e. The minimum atomic E-state index is -1.05. The third-order valence-electron chi connectivity index (χ3n) is 7.48. The van der Waals surface area contributed by atoms with Crippen LogP contribution in [0.15, 0.2) is 29.2 Å². The van der Waals surface area contributed by atoms with Crippen LogP contribution in [0.1, 0.15) is 58.5 Å². The van der Waals surface area contributed by atoms with Crippen LogP contribution in [0, 0.1) is 23.5 Å². The molecule has 1 aromatic carbocycles. The van der Waals surface area contributed by atoms with Gasteiger partial charge in [-0.2, -0.15) is 0 Å². The maximum absolute atomic E-state index is 14.3. The first-order chi connectivity index (χ1) is 16.2. The molecule has 1 aromatic heterocycles. The number of pyridine rings is 1. The first-order valence-corrected chi connectivity index (χ1v) is 11.4. The quantitative estimate of drug-likeness (QED) is 0.619. The van der Waals surface area contributed by atoms with Gasteiger partial charge in [-0.15, -0.1) is 0 Å². The number of nitrogens with zero attached hydrogens (tertiary/aromatic N) is 1. The zero-order valence-corrected chi connectivity index (χ0v) is 18.1. The van der Waals surface area contributed by atoms with E-state index in [1.54, 1.807) is 0 Å². The first kappa shape index (κ1) is 21.3. The summed E-state index contributed by atoms with van der Waals surface area (Å²) >= 11 is 0. The summed E-state index contributed by atoms with van der Waals surface area (Å²) < 4.78 is 35.0. The molecule has 10 heteroatoms. The number of aromatic hydroxyl groups is 1. The van der Waals surface area contributed by atoms with E-state index in [0.717, 1.165) is 25.0 Å². The Morgan fingerprint density at radius 3 is 2.59 bits per heavy atom. The molecule has 178 valence electrons. The molecule has 8 nitrogen and oxygen atoms in total. The summed E-state index contributed by atoms with van der Waals surface area (Å²) in [4.78, 5) is 38.4. The summed E-state index contributed by atoms with van der Waals surface area (Å²) in [5, 5.41) is 15.8. The number of hydrogen-bond acceptors (Lipinski definition) is 5. The Bertz CT molecular complexity index is 1280. The molecule has 2 aromatic rings. The van der Waals surface area contributed by atoms with E-state index in [9.17, 15) is 28.3 Å². The van der Waals surface area contributed by atoms with Crippen molar-refractivity contribution in [2.45, 2.75) is 56.5 Å². The summed E-state index contributed by atoms with van der Waals surface area (Å²) in [6.45, 7) is 0.124. The molecule has 3 saturated carbocycles. The Morgan fingerprint density at radius 1 is 1.18 bits per heavy atom. The molecule has 2 heterocycles. The van der Waals surface area contributed by atoms with Crippen molar-refractivity contribution in [1.29, 1.82) is 0 Å². The van der Waals surface area contributed by atoms with Gasteiger partial charge < -0.3 is 25.0 Å². The van der Waals surface area contributed by atoms with Crippen LogP contribution in [0.5, 0.6) is 5.75 Å². The Labute approximate surface area is 192 Å². The van der Waals surface area contributed by atoms with Gasteiger partial charge in [0.2, 0.25) is 5.43 Å². The lowest BCUT2D eigenvalue weighted by Crippen LogP contribution is -2.48. The van der Waals surface area contributed by atoms with E-state index in [4.69, 9.17) is 4.74 Å². The van der Waals surface area contributed by atoms with Crippen molar-refractivity contribution < 1.29 is 28.2 Å². The van der Waals surface area contributed by atoms with Gasteiger partial charge in [0.15, 0.2) is 11.4 Å². The zero-order chi connectivity index (χ0) is 23.8. The van der Waals surface area contributed by atoms with E-state index >= 15 is 0 Å². The Balaban J connectivity index is 1.26.